The van der Waals surface area contributed by atoms with Gasteiger partial charge in [-0.3, -0.25) is 4.79 Å². The quantitative estimate of drug-likeness (QED) is 0.444. The van der Waals surface area contributed by atoms with Gasteiger partial charge in [0.05, 0.1) is 33.0 Å². The van der Waals surface area contributed by atoms with Gasteiger partial charge in [0, 0.05) is 13.5 Å². The van der Waals surface area contributed by atoms with Crippen molar-refractivity contribution in [2.24, 2.45) is 5.92 Å². The Labute approximate surface area is 121 Å². The summed E-state index contributed by atoms with van der Waals surface area (Å²) >= 11 is 0. The second-order valence-electron chi connectivity index (χ2n) is 4.84. The summed E-state index contributed by atoms with van der Waals surface area (Å²) in [4.78, 5) is 11.6. The number of rotatable bonds is 11. The molecule has 0 spiro atoms. The van der Waals surface area contributed by atoms with Crippen LogP contribution in [-0.2, 0) is 23.7 Å². The molecule has 0 aromatic heterocycles. The third kappa shape index (κ3) is 9.25. The highest BCUT2D eigenvalue weighted by Gasteiger charge is 2.17. The molecule has 6 nitrogen and oxygen atoms in total. The summed E-state index contributed by atoms with van der Waals surface area (Å²) in [5, 5.41) is 3.28. The number of piperidine rings is 1. The van der Waals surface area contributed by atoms with E-state index in [0.29, 0.717) is 52.0 Å². The first-order valence-corrected chi connectivity index (χ1v) is 7.33. The Balaban J connectivity index is 1.84. The maximum atomic E-state index is 11.6. The number of carbonyl (C=O) groups is 1. The van der Waals surface area contributed by atoms with Crippen molar-refractivity contribution in [2.45, 2.75) is 19.3 Å². The van der Waals surface area contributed by atoms with Gasteiger partial charge in [-0.25, -0.2) is 0 Å². The zero-order valence-corrected chi connectivity index (χ0v) is 12.4. The Hall–Kier alpha value is -0.690. The van der Waals surface area contributed by atoms with Gasteiger partial charge in [0.2, 0.25) is 0 Å². The van der Waals surface area contributed by atoms with Crippen LogP contribution in [0.1, 0.15) is 19.3 Å². The lowest BCUT2D eigenvalue weighted by Gasteiger charge is -2.21. The smallest absolute Gasteiger partial charge is 0.306 e. The molecule has 1 heterocycles. The van der Waals surface area contributed by atoms with Gasteiger partial charge in [-0.05, 0) is 31.8 Å². The van der Waals surface area contributed by atoms with Crippen molar-refractivity contribution in [3.63, 3.8) is 0 Å². The molecule has 1 N–H and O–H groups in total. The maximum absolute atomic E-state index is 11.6. The van der Waals surface area contributed by atoms with Crippen LogP contribution in [0, 0.1) is 5.92 Å². The fraction of sp³-hybridized carbons (Fsp3) is 0.929. The van der Waals surface area contributed by atoms with Crippen molar-refractivity contribution < 1.29 is 23.7 Å². The summed E-state index contributed by atoms with van der Waals surface area (Å²) in [5.74, 6) is 0.357. The second kappa shape index (κ2) is 12.1. The first-order valence-electron chi connectivity index (χ1n) is 7.33. The van der Waals surface area contributed by atoms with E-state index < -0.39 is 0 Å². The summed E-state index contributed by atoms with van der Waals surface area (Å²) in [6.07, 6.45) is 2.65. The van der Waals surface area contributed by atoms with E-state index in [9.17, 15) is 4.79 Å². The fourth-order valence-electron chi connectivity index (χ4n) is 2.06. The van der Waals surface area contributed by atoms with Crippen molar-refractivity contribution in [3.05, 3.63) is 0 Å². The summed E-state index contributed by atoms with van der Waals surface area (Å²) in [5.41, 5.74) is 0. The predicted octanol–water partition coefficient (Wildman–Crippen LogP) is 0.599. The highest BCUT2D eigenvalue weighted by atomic mass is 16.6. The number of hydrogen-bond acceptors (Lipinski definition) is 6. The van der Waals surface area contributed by atoms with Crippen LogP contribution in [0.2, 0.25) is 0 Å². The first-order chi connectivity index (χ1) is 9.83. The molecule has 0 aliphatic carbocycles. The molecule has 0 radical (unpaired) electrons. The largest absolute Gasteiger partial charge is 0.463 e. The number of ether oxygens (including phenoxy) is 4. The molecule has 1 aliphatic rings. The molecular weight excluding hydrogens is 262 g/mol. The normalized spacial score (nSPS) is 16.2. The van der Waals surface area contributed by atoms with Gasteiger partial charge in [-0.1, -0.05) is 0 Å². The van der Waals surface area contributed by atoms with Crippen LogP contribution in [-0.4, -0.2) is 65.8 Å². The SMILES string of the molecule is COCCOCCOCCOC(=O)CC1CCNCC1. The second-order valence-corrected chi connectivity index (χ2v) is 4.84. The van der Waals surface area contributed by atoms with E-state index >= 15 is 0 Å². The fourth-order valence-corrected chi connectivity index (χ4v) is 2.06. The van der Waals surface area contributed by atoms with E-state index in [4.69, 9.17) is 18.9 Å². The average molecular weight is 289 g/mol. The van der Waals surface area contributed by atoms with Crippen LogP contribution in [0.5, 0.6) is 0 Å². The predicted molar refractivity (Wildman–Crippen MR) is 74.7 cm³/mol. The molecule has 118 valence electrons. The Bertz CT molecular complexity index is 244. The molecule has 0 bridgehead atoms. The number of methoxy groups -OCH3 is 1. The van der Waals surface area contributed by atoms with Crippen LogP contribution < -0.4 is 5.32 Å². The third-order valence-electron chi connectivity index (χ3n) is 3.21. The Morgan fingerprint density at radius 1 is 1.00 bits per heavy atom. The zero-order chi connectivity index (χ0) is 14.5. The van der Waals surface area contributed by atoms with Crippen LogP contribution in [0.4, 0.5) is 0 Å². The first kappa shape index (κ1) is 17.4. The van der Waals surface area contributed by atoms with E-state index in [1.807, 2.05) is 0 Å². The highest BCUT2D eigenvalue weighted by Crippen LogP contribution is 2.16. The lowest BCUT2D eigenvalue weighted by Crippen LogP contribution is -2.29. The minimum atomic E-state index is -0.114. The van der Waals surface area contributed by atoms with Crippen LogP contribution in [0.15, 0.2) is 0 Å². The molecule has 20 heavy (non-hydrogen) atoms. The van der Waals surface area contributed by atoms with Crippen molar-refractivity contribution in [2.75, 3.05) is 59.8 Å². The maximum Gasteiger partial charge on any atom is 0.306 e. The summed E-state index contributed by atoms with van der Waals surface area (Å²) < 4.78 is 20.5. The van der Waals surface area contributed by atoms with E-state index in [1.54, 1.807) is 7.11 Å². The van der Waals surface area contributed by atoms with Gasteiger partial charge in [-0.15, -0.1) is 0 Å². The summed E-state index contributed by atoms with van der Waals surface area (Å²) in [6.45, 7) is 4.96. The molecule has 0 atom stereocenters. The average Bonchev–Trinajstić information content (AvgIpc) is 2.46. The van der Waals surface area contributed by atoms with E-state index in [-0.39, 0.29) is 5.97 Å². The van der Waals surface area contributed by atoms with Gasteiger partial charge < -0.3 is 24.3 Å². The molecule has 0 aromatic rings. The van der Waals surface area contributed by atoms with Crippen molar-refractivity contribution in [1.29, 1.82) is 0 Å². The molecule has 1 fully saturated rings. The van der Waals surface area contributed by atoms with Crippen LogP contribution in [0.3, 0.4) is 0 Å². The monoisotopic (exact) mass is 289 g/mol. The third-order valence-corrected chi connectivity index (χ3v) is 3.21. The molecule has 0 saturated carbocycles. The molecular formula is C14H27NO5. The molecule has 1 rings (SSSR count). The number of carbonyl (C=O) groups excluding carboxylic acids is 1. The van der Waals surface area contributed by atoms with Gasteiger partial charge in [0.25, 0.3) is 0 Å². The van der Waals surface area contributed by atoms with Gasteiger partial charge >= 0.3 is 5.97 Å². The van der Waals surface area contributed by atoms with Crippen molar-refractivity contribution >= 4 is 5.97 Å². The number of hydrogen-bond donors (Lipinski definition) is 1. The Morgan fingerprint density at radius 2 is 1.60 bits per heavy atom. The Morgan fingerprint density at radius 3 is 2.25 bits per heavy atom. The Kier molecular flexibility index (Phi) is 10.5. The topological polar surface area (TPSA) is 66.0 Å². The minimum Gasteiger partial charge on any atom is -0.463 e. The van der Waals surface area contributed by atoms with E-state index in [0.717, 1.165) is 25.9 Å². The van der Waals surface area contributed by atoms with Gasteiger partial charge in [0.15, 0.2) is 0 Å². The van der Waals surface area contributed by atoms with Crippen LogP contribution >= 0.6 is 0 Å². The standard InChI is InChI=1S/C14H27NO5/c1-17-6-7-18-8-9-19-10-11-20-14(16)12-13-2-4-15-5-3-13/h13,15H,2-12H2,1H3. The molecule has 0 unspecified atom stereocenters. The van der Waals surface area contributed by atoms with Gasteiger partial charge in [-0.2, -0.15) is 0 Å². The molecule has 1 aliphatic heterocycles. The zero-order valence-electron chi connectivity index (χ0n) is 12.4. The molecule has 1 saturated heterocycles. The van der Waals surface area contributed by atoms with Gasteiger partial charge in [0.1, 0.15) is 6.61 Å². The van der Waals surface area contributed by atoms with E-state index in [1.165, 1.54) is 0 Å². The molecule has 0 aromatic carbocycles. The lowest BCUT2D eigenvalue weighted by atomic mass is 9.95. The number of esters is 1. The minimum absolute atomic E-state index is 0.114. The van der Waals surface area contributed by atoms with Crippen molar-refractivity contribution in [3.8, 4) is 0 Å². The molecule has 0 amide bonds. The highest BCUT2D eigenvalue weighted by molar-refractivity contribution is 5.69. The van der Waals surface area contributed by atoms with Crippen molar-refractivity contribution in [1.82, 2.24) is 5.32 Å². The number of nitrogens with one attached hydrogen (secondary N) is 1. The van der Waals surface area contributed by atoms with Crippen LogP contribution in [0.25, 0.3) is 0 Å². The summed E-state index contributed by atoms with van der Waals surface area (Å²) in [6, 6.07) is 0. The van der Waals surface area contributed by atoms with E-state index in [2.05, 4.69) is 5.32 Å². The lowest BCUT2D eigenvalue weighted by molar-refractivity contribution is -0.146. The molecule has 6 heteroatoms. The summed E-state index contributed by atoms with van der Waals surface area (Å²) in [7, 11) is 1.64.